The monoisotopic (exact) mass is 159 g/mol. The van der Waals surface area contributed by atoms with Crippen molar-refractivity contribution in [1.29, 1.82) is 0 Å². The first-order valence-corrected chi connectivity index (χ1v) is 3.89. The molecule has 0 saturated heterocycles. The average molecular weight is 159 g/mol. The van der Waals surface area contributed by atoms with E-state index in [1.807, 2.05) is 0 Å². The average Bonchev–Trinajstić information content (AvgIpc) is 1.97. The number of rotatable bonds is 5. The predicted octanol–water partition coefficient (Wildman–Crippen LogP) is -0.245. The van der Waals surface area contributed by atoms with E-state index in [1.54, 1.807) is 0 Å². The van der Waals surface area contributed by atoms with Crippen molar-refractivity contribution in [3.8, 4) is 0 Å². The van der Waals surface area contributed by atoms with Crippen LogP contribution in [0.5, 0.6) is 0 Å². The number of carbonyl (C=O) groups excluding carboxylic acids is 1. The fourth-order valence-corrected chi connectivity index (χ4v) is 0.712. The molecule has 0 aliphatic carbocycles. The molecule has 0 bridgehead atoms. The van der Waals surface area contributed by atoms with E-state index in [-0.39, 0.29) is 5.91 Å². The summed E-state index contributed by atoms with van der Waals surface area (Å²) in [5.74, 6) is 4.79. The van der Waals surface area contributed by atoms with Crippen LogP contribution < -0.4 is 16.6 Å². The Labute approximate surface area is 67.5 Å². The molecule has 66 valence electrons. The minimum atomic E-state index is -0.101. The van der Waals surface area contributed by atoms with Crippen molar-refractivity contribution >= 4 is 5.91 Å². The van der Waals surface area contributed by atoms with E-state index in [4.69, 9.17) is 5.84 Å². The van der Waals surface area contributed by atoms with E-state index in [9.17, 15) is 4.79 Å². The molecule has 0 rings (SSSR count). The predicted molar refractivity (Wildman–Crippen MR) is 44.7 cm³/mol. The van der Waals surface area contributed by atoms with Crippen molar-refractivity contribution in [2.45, 2.75) is 32.7 Å². The Kier molecular flexibility index (Phi) is 5.78. The number of hydrogen-bond donors (Lipinski definition) is 3. The van der Waals surface area contributed by atoms with Gasteiger partial charge >= 0.3 is 0 Å². The van der Waals surface area contributed by atoms with Gasteiger partial charge in [0.25, 0.3) is 0 Å². The van der Waals surface area contributed by atoms with E-state index in [1.165, 1.54) is 0 Å². The summed E-state index contributed by atoms with van der Waals surface area (Å²) in [5.41, 5.74) is 2.09. The van der Waals surface area contributed by atoms with Crippen LogP contribution in [0.2, 0.25) is 0 Å². The lowest BCUT2D eigenvalue weighted by atomic mass is 10.3. The van der Waals surface area contributed by atoms with Crippen LogP contribution in [0.25, 0.3) is 0 Å². The van der Waals surface area contributed by atoms with E-state index in [2.05, 4.69) is 24.6 Å². The van der Waals surface area contributed by atoms with Crippen molar-refractivity contribution in [1.82, 2.24) is 10.7 Å². The first kappa shape index (κ1) is 10.4. The third kappa shape index (κ3) is 7.29. The molecule has 0 saturated carbocycles. The number of hydrogen-bond acceptors (Lipinski definition) is 3. The van der Waals surface area contributed by atoms with Gasteiger partial charge in [0.15, 0.2) is 0 Å². The maximum absolute atomic E-state index is 10.6. The number of hydrazine groups is 1. The maximum Gasteiger partial charge on any atom is 0.233 e. The first-order chi connectivity index (χ1) is 5.16. The highest BCUT2D eigenvalue weighted by Gasteiger charge is 1.97. The van der Waals surface area contributed by atoms with Crippen molar-refractivity contribution in [2.24, 2.45) is 5.84 Å². The Morgan fingerprint density at radius 2 is 2.18 bits per heavy atom. The molecule has 4 heteroatoms. The molecular formula is C7H17N3O. The van der Waals surface area contributed by atoms with Gasteiger partial charge < -0.3 is 5.32 Å². The standard InChI is InChI=1S/C7H17N3O/c1-6(2)9-5-3-4-7(11)10-8/h6,9H,3-5,8H2,1-2H3,(H,10,11). The molecule has 0 aromatic rings. The smallest absolute Gasteiger partial charge is 0.233 e. The fourth-order valence-electron chi connectivity index (χ4n) is 0.712. The molecular weight excluding hydrogens is 142 g/mol. The summed E-state index contributed by atoms with van der Waals surface area (Å²) in [6.45, 7) is 5.01. The number of nitrogens with one attached hydrogen (secondary N) is 2. The highest BCUT2D eigenvalue weighted by Crippen LogP contribution is 1.86. The van der Waals surface area contributed by atoms with Gasteiger partial charge in [0.05, 0.1) is 0 Å². The van der Waals surface area contributed by atoms with Crippen LogP contribution in [0, 0.1) is 0 Å². The first-order valence-electron chi connectivity index (χ1n) is 3.89. The Hall–Kier alpha value is -0.610. The van der Waals surface area contributed by atoms with Gasteiger partial charge in [-0.05, 0) is 13.0 Å². The van der Waals surface area contributed by atoms with Crippen molar-refractivity contribution in [2.75, 3.05) is 6.54 Å². The minimum Gasteiger partial charge on any atom is -0.315 e. The molecule has 0 fully saturated rings. The molecule has 0 aliphatic heterocycles. The van der Waals surface area contributed by atoms with Crippen LogP contribution in [0.3, 0.4) is 0 Å². The molecule has 0 spiro atoms. The molecule has 0 aromatic heterocycles. The van der Waals surface area contributed by atoms with Gasteiger partial charge in [0.2, 0.25) is 5.91 Å². The van der Waals surface area contributed by atoms with Crippen LogP contribution in [-0.4, -0.2) is 18.5 Å². The molecule has 0 aliphatic rings. The van der Waals surface area contributed by atoms with Crippen LogP contribution in [0.15, 0.2) is 0 Å². The number of carbonyl (C=O) groups is 1. The van der Waals surface area contributed by atoms with Crippen LogP contribution in [0.1, 0.15) is 26.7 Å². The Morgan fingerprint density at radius 1 is 1.55 bits per heavy atom. The summed E-state index contributed by atoms with van der Waals surface area (Å²) in [7, 11) is 0. The summed E-state index contributed by atoms with van der Waals surface area (Å²) in [6.07, 6.45) is 1.33. The molecule has 11 heavy (non-hydrogen) atoms. The van der Waals surface area contributed by atoms with Gasteiger partial charge in [-0.1, -0.05) is 13.8 Å². The summed E-state index contributed by atoms with van der Waals surface area (Å²) in [6, 6.07) is 0.482. The van der Waals surface area contributed by atoms with E-state index < -0.39 is 0 Å². The third-order valence-electron chi connectivity index (χ3n) is 1.29. The van der Waals surface area contributed by atoms with E-state index in [0.29, 0.717) is 12.5 Å². The number of nitrogens with two attached hydrogens (primary N) is 1. The summed E-state index contributed by atoms with van der Waals surface area (Å²) in [4.78, 5) is 10.6. The Morgan fingerprint density at radius 3 is 2.64 bits per heavy atom. The second kappa shape index (κ2) is 6.12. The van der Waals surface area contributed by atoms with Gasteiger partial charge in [-0.15, -0.1) is 0 Å². The van der Waals surface area contributed by atoms with E-state index >= 15 is 0 Å². The summed E-state index contributed by atoms with van der Waals surface area (Å²) in [5, 5.41) is 3.20. The van der Waals surface area contributed by atoms with Crippen molar-refractivity contribution < 1.29 is 4.79 Å². The van der Waals surface area contributed by atoms with Gasteiger partial charge in [-0.2, -0.15) is 0 Å². The number of amides is 1. The quantitative estimate of drug-likeness (QED) is 0.224. The zero-order chi connectivity index (χ0) is 8.69. The summed E-state index contributed by atoms with van der Waals surface area (Å²) < 4.78 is 0. The highest BCUT2D eigenvalue weighted by atomic mass is 16.2. The third-order valence-corrected chi connectivity index (χ3v) is 1.29. The second-order valence-electron chi connectivity index (χ2n) is 2.78. The molecule has 0 atom stereocenters. The highest BCUT2D eigenvalue weighted by molar-refractivity contribution is 5.75. The topological polar surface area (TPSA) is 67.2 Å². The van der Waals surface area contributed by atoms with Gasteiger partial charge in [-0.25, -0.2) is 5.84 Å². The van der Waals surface area contributed by atoms with E-state index in [0.717, 1.165) is 13.0 Å². The SMILES string of the molecule is CC(C)NCCCC(=O)NN. The lowest BCUT2D eigenvalue weighted by Crippen LogP contribution is -2.31. The second-order valence-corrected chi connectivity index (χ2v) is 2.78. The molecule has 4 nitrogen and oxygen atoms in total. The van der Waals surface area contributed by atoms with Crippen LogP contribution in [-0.2, 0) is 4.79 Å². The van der Waals surface area contributed by atoms with Crippen molar-refractivity contribution in [3.05, 3.63) is 0 Å². The molecule has 1 amide bonds. The Balaban J connectivity index is 3.08. The Bertz CT molecular complexity index is 114. The lowest BCUT2D eigenvalue weighted by molar-refractivity contribution is -0.121. The largest absolute Gasteiger partial charge is 0.315 e. The molecule has 0 heterocycles. The van der Waals surface area contributed by atoms with Gasteiger partial charge in [0, 0.05) is 12.5 Å². The fraction of sp³-hybridized carbons (Fsp3) is 0.857. The normalized spacial score (nSPS) is 10.2. The maximum atomic E-state index is 10.6. The van der Waals surface area contributed by atoms with Gasteiger partial charge in [-0.3, -0.25) is 10.2 Å². The molecule has 0 aromatic carbocycles. The lowest BCUT2D eigenvalue weighted by Gasteiger charge is -2.06. The molecule has 4 N–H and O–H groups in total. The minimum absolute atomic E-state index is 0.101. The zero-order valence-corrected chi connectivity index (χ0v) is 7.18. The van der Waals surface area contributed by atoms with Gasteiger partial charge in [0.1, 0.15) is 0 Å². The van der Waals surface area contributed by atoms with Crippen LogP contribution >= 0.6 is 0 Å². The summed E-state index contributed by atoms with van der Waals surface area (Å²) >= 11 is 0. The van der Waals surface area contributed by atoms with Crippen LogP contribution in [0.4, 0.5) is 0 Å². The molecule has 0 unspecified atom stereocenters. The molecule has 0 radical (unpaired) electrons. The van der Waals surface area contributed by atoms with Crippen molar-refractivity contribution in [3.63, 3.8) is 0 Å². The zero-order valence-electron chi connectivity index (χ0n) is 7.18.